The van der Waals surface area contributed by atoms with Crippen LogP contribution in [0.2, 0.25) is 0 Å². The normalized spacial score (nSPS) is 16.2. The summed E-state index contributed by atoms with van der Waals surface area (Å²) in [4.78, 5) is 4.17. The summed E-state index contributed by atoms with van der Waals surface area (Å²) in [7, 11) is 0. The van der Waals surface area contributed by atoms with Gasteiger partial charge < -0.3 is 4.74 Å². The van der Waals surface area contributed by atoms with E-state index in [1.807, 2.05) is 13.0 Å². The zero-order valence-corrected chi connectivity index (χ0v) is 8.47. The van der Waals surface area contributed by atoms with Crippen molar-refractivity contribution in [3.05, 3.63) is 22.4 Å². The van der Waals surface area contributed by atoms with Gasteiger partial charge in [-0.05, 0) is 41.8 Å². The van der Waals surface area contributed by atoms with E-state index in [2.05, 4.69) is 20.9 Å². The van der Waals surface area contributed by atoms with Gasteiger partial charge >= 0.3 is 0 Å². The monoisotopic (exact) mass is 227 g/mol. The highest BCUT2D eigenvalue weighted by atomic mass is 79.9. The molecule has 0 aromatic carbocycles. The van der Waals surface area contributed by atoms with Crippen molar-refractivity contribution in [2.45, 2.75) is 25.9 Å². The van der Waals surface area contributed by atoms with Crippen LogP contribution in [0.15, 0.2) is 16.7 Å². The molecule has 0 radical (unpaired) electrons. The Hall–Kier alpha value is -0.570. The van der Waals surface area contributed by atoms with Gasteiger partial charge in [-0.3, -0.25) is 4.98 Å². The number of halogens is 1. The minimum Gasteiger partial charge on any atom is -0.488 e. The lowest BCUT2D eigenvalue weighted by molar-refractivity contribution is 0.300. The van der Waals surface area contributed by atoms with Gasteiger partial charge in [-0.25, -0.2) is 0 Å². The number of aryl methyl sites for hydroxylation is 1. The van der Waals surface area contributed by atoms with E-state index in [-0.39, 0.29) is 0 Å². The van der Waals surface area contributed by atoms with Gasteiger partial charge in [0.1, 0.15) is 0 Å². The van der Waals surface area contributed by atoms with Gasteiger partial charge in [0, 0.05) is 5.69 Å². The maximum atomic E-state index is 5.60. The van der Waals surface area contributed by atoms with E-state index in [9.17, 15) is 0 Å². The third kappa shape index (κ3) is 1.78. The number of rotatable bonds is 2. The summed E-state index contributed by atoms with van der Waals surface area (Å²) in [6, 6.07) is 1.97. The molecule has 1 fully saturated rings. The van der Waals surface area contributed by atoms with Crippen molar-refractivity contribution in [3.8, 4) is 5.75 Å². The van der Waals surface area contributed by atoms with Crippen LogP contribution in [0, 0.1) is 6.92 Å². The highest BCUT2D eigenvalue weighted by Crippen LogP contribution is 2.31. The fourth-order valence-electron chi connectivity index (χ4n) is 0.966. The van der Waals surface area contributed by atoms with Gasteiger partial charge in [0.05, 0.1) is 16.8 Å². The summed E-state index contributed by atoms with van der Waals surface area (Å²) >= 11 is 3.44. The first-order chi connectivity index (χ1) is 5.75. The SMILES string of the molecule is Cc1cc(Br)c(OC2CC2)cn1. The highest BCUT2D eigenvalue weighted by molar-refractivity contribution is 9.10. The summed E-state index contributed by atoms with van der Waals surface area (Å²) in [6.45, 7) is 1.96. The number of aromatic nitrogens is 1. The Bertz CT molecular complexity index is 297. The van der Waals surface area contributed by atoms with Crippen LogP contribution in [0.4, 0.5) is 0 Å². The van der Waals surface area contributed by atoms with Gasteiger partial charge in [0.2, 0.25) is 0 Å². The Balaban J connectivity index is 2.18. The van der Waals surface area contributed by atoms with Crippen LogP contribution in [-0.2, 0) is 0 Å². The fourth-order valence-corrected chi connectivity index (χ4v) is 1.49. The zero-order chi connectivity index (χ0) is 8.55. The molecule has 2 rings (SSSR count). The van der Waals surface area contributed by atoms with Crippen LogP contribution in [0.5, 0.6) is 5.75 Å². The molecule has 0 aliphatic heterocycles. The highest BCUT2D eigenvalue weighted by Gasteiger charge is 2.24. The van der Waals surface area contributed by atoms with E-state index < -0.39 is 0 Å². The Morgan fingerprint density at radius 2 is 2.33 bits per heavy atom. The van der Waals surface area contributed by atoms with Gasteiger partial charge in [0.25, 0.3) is 0 Å². The van der Waals surface area contributed by atoms with Crippen molar-refractivity contribution in [1.82, 2.24) is 4.98 Å². The first kappa shape index (κ1) is 8.05. The molecule has 1 aliphatic rings. The molecule has 1 aromatic rings. The van der Waals surface area contributed by atoms with E-state index in [1.54, 1.807) is 6.20 Å². The third-order valence-corrected chi connectivity index (χ3v) is 2.39. The van der Waals surface area contributed by atoms with E-state index >= 15 is 0 Å². The van der Waals surface area contributed by atoms with Gasteiger partial charge in [0.15, 0.2) is 5.75 Å². The molecule has 0 atom stereocenters. The van der Waals surface area contributed by atoms with Crippen LogP contribution in [0.1, 0.15) is 18.5 Å². The Morgan fingerprint density at radius 3 is 2.92 bits per heavy atom. The first-order valence-electron chi connectivity index (χ1n) is 4.04. The molecular formula is C9H10BrNO. The second-order valence-corrected chi connectivity index (χ2v) is 3.93. The van der Waals surface area contributed by atoms with Crippen LogP contribution in [0.25, 0.3) is 0 Å². The molecule has 2 nitrogen and oxygen atoms in total. The quantitative estimate of drug-likeness (QED) is 0.776. The number of nitrogens with zero attached hydrogens (tertiary/aromatic N) is 1. The lowest BCUT2D eigenvalue weighted by Crippen LogP contribution is -1.97. The summed E-state index contributed by atoms with van der Waals surface area (Å²) in [6.07, 6.45) is 4.57. The molecule has 0 bridgehead atoms. The van der Waals surface area contributed by atoms with Crippen molar-refractivity contribution in [3.63, 3.8) is 0 Å². The van der Waals surface area contributed by atoms with E-state index in [1.165, 1.54) is 12.8 Å². The van der Waals surface area contributed by atoms with E-state index in [0.29, 0.717) is 6.10 Å². The number of hydrogen-bond donors (Lipinski definition) is 0. The van der Waals surface area contributed by atoms with Crippen molar-refractivity contribution >= 4 is 15.9 Å². The standard InChI is InChI=1S/C9H10BrNO/c1-6-4-8(10)9(5-11-6)12-7-2-3-7/h4-5,7H,2-3H2,1H3. The molecule has 64 valence electrons. The Morgan fingerprint density at radius 1 is 1.58 bits per heavy atom. The number of pyridine rings is 1. The smallest absolute Gasteiger partial charge is 0.152 e. The number of ether oxygens (including phenoxy) is 1. The first-order valence-corrected chi connectivity index (χ1v) is 4.84. The second-order valence-electron chi connectivity index (χ2n) is 3.07. The number of hydrogen-bond acceptors (Lipinski definition) is 2. The molecule has 1 saturated carbocycles. The summed E-state index contributed by atoms with van der Waals surface area (Å²) in [5, 5.41) is 0. The molecule has 1 aromatic heterocycles. The average molecular weight is 228 g/mol. The predicted molar refractivity (Wildman–Crippen MR) is 50.3 cm³/mol. The summed E-state index contributed by atoms with van der Waals surface area (Å²) in [5.74, 6) is 0.864. The van der Waals surface area contributed by atoms with Gasteiger partial charge in [-0.15, -0.1) is 0 Å². The maximum absolute atomic E-state index is 5.60. The van der Waals surface area contributed by atoms with Crippen molar-refractivity contribution in [2.24, 2.45) is 0 Å². The van der Waals surface area contributed by atoms with Crippen LogP contribution in [0.3, 0.4) is 0 Å². The Kier molecular flexibility index (Phi) is 2.05. The van der Waals surface area contributed by atoms with Crippen molar-refractivity contribution < 1.29 is 4.74 Å². The third-order valence-electron chi connectivity index (χ3n) is 1.77. The summed E-state index contributed by atoms with van der Waals surface area (Å²) in [5.41, 5.74) is 1.00. The zero-order valence-electron chi connectivity index (χ0n) is 6.88. The van der Waals surface area contributed by atoms with Crippen LogP contribution < -0.4 is 4.74 Å². The summed E-state index contributed by atoms with van der Waals surface area (Å²) < 4.78 is 6.60. The largest absolute Gasteiger partial charge is 0.488 e. The van der Waals surface area contributed by atoms with E-state index in [0.717, 1.165) is 15.9 Å². The second kappa shape index (κ2) is 3.05. The average Bonchev–Trinajstić information content (AvgIpc) is 2.79. The van der Waals surface area contributed by atoms with Crippen LogP contribution >= 0.6 is 15.9 Å². The topological polar surface area (TPSA) is 22.1 Å². The van der Waals surface area contributed by atoms with E-state index in [4.69, 9.17) is 4.74 Å². The molecular weight excluding hydrogens is 218 g/mol. The molecule has 1 aliphatic carbocycles. The molecule has 0 saturated heterocycles. The molecule has 0 spiro atoms. The molecule has 0 N–H and O–H groups in total. The Labute approximate surface area is 80.1 Å². The molecule has 0 unspecified atom stereocenters. The molecule has 1 heterocycles. The minimum absolute atomic E-state index is 0.436. The lowest BCUT2D eigenvalue weighted by atomic mass is 10.4. The van der Waals surface area contributed by atoms with Gasteiger partial charge in [-0.2, -0.15) is 0 Å². The minimum atomic E-state index is 0.436. The maximum Gasteiger partial charge on any atom is 0.152 e. The van der Waals surface area contributed by atoms with Gasteiger partial charge in [-0.1, -0.05) is 0 Å². The van der Waals surface area contributed by atoms with Crippen molar-refractivity contribution in [1.29, 1.82) is 0 Å². The molecule has 12 heavy (non-hydrogen) atoms. The predicted octanol–water partition coefficient (Wildman–Crippen LogP) is 2.69. The van der Waals surface area contributed by atoms with Crippen LogP contribution in [-0.4, -0.2) is 11.1 Å². The molecule has 3 heteroatoms. The molecule has 0 amide bonds. The lowest BCUT2D eigenvalue weighted by Gasteiger charge is -2.05. The van der Waals surface area contributed by atoms with Crippen molar-refractivity contribution in [2.75, 3.05) is 0 Å². The fraction of sp³-hybridized carbons (Fsp3) is 0.444.